The number of carbonyl (C=O) groups is 1. The van der Waals surface area contributed by atoms with Crippen molar-refractivity contribution in [2.45, 2.75) is 25.2 Å². The quantitative estimate of drug-likeness (QED) is 0.327. The molecule has 1 fully saturated rings. The van der Waals surface area contributed by atoms with Gasteiger partial charge in [0, 0.05) is 13.0 Å². The van der Waals surface area contributed by atoms with Crippen LogP contribution in [0.5, 0.6) is 0 Å². The Morgan fingerprint density at radius 1 is 1.29 bits per heavy atom. The highest BCUT2D eigenvalue weighted by molar-refractivity contribution is 5.97. The molecule has 1 aromatic rings. The van der Waals surface area contributed by atoms with Crippen LogP contribution in [0.4, 0.5) is 13.2 Å². The third-order valence-electron chi connectivity index (χ3n) is 3.24. The minimum atomic E-state index is -4.40. The number of aliphatic imine (C=N–C) groups is 1. The van der Waals surface area contributed by atoms with Crippen LogP contribution >= 0.6 is 0 Å². The summed E-state index contributed by atoms with van der Waals surface area (Å²) in [5.41, 5.74) is 10.1. The van der Waals surface area contributed by atoms with E-state index >= 15 is 0 Å². The highest BCUT2D eigenvalue weighted by Gasteiger charge is 2.30. The van der Waals surface area contributed by atoms with Crippen LogP contribution in [0.25, 0.3) is 6.08 Å². The number of rotatable bonds is 5. The molecule has 1 aromatic carbocycles. The van der Waals surface area contributed by atoms with E-state index in [1.54, 1.807) is 0 Å². The number of nitrogens with zero attached hydrogens (tertiary/aromatic N) is 1. The average Bonchev–Trinajstić information content (AvgIpc) is 2.83. The Kier molecular flexibility index (Phi) is 5.32. The first kappa shape index (κ1) is 17.6. The highest BCUT2D eigenvalue weighted by Crippen LogP contribution is 2.29. The van der Waals surface area contributed by atoms with Crippen molar-refractivity contribution in [2.24, 2.45) is 16.5 Å². The molecule has 0 bridgehead atoms. The van der Waals surface area contributed by atoms with Crippen molar-refractivity contribution in [1.29, 1.82) is 0 Å². The Balaban J connectivity index is 1.95. The van der Waals surface area contributed by atoms with Gasteiger partial charge < -0.3 is 21.5 Å². The number of alkyl halides is 3. The maximum Gasteiger partial charge on any atom is 0.416 e. The first-order valence-corrected chi connectivity index (χ1v) is 7.17. The van der Waals surface area contributed by atoms with Crippen molar-refractivity contribution in [1.82, 2.24) is 5.32 Å². The summed E-state index contributed by atoms with van der Waals surface area (Å²) in [6, 6.07) is 4.45. The normalized spacial score (nSPS) is 19.0. The fraction of sp³-hybridized carbons (Fsp3) is 0.333. The molecule has 1 amide bonds. The molecular formula is C15H17F3N4O2. The Hall–Kier alpha value is -2.71. The summed E-state index contributed by atoms with van der Waals surface area (Å²) in [6.45, 7) is 0.413. The van der Waals surface area contributed by atoms with Crippen molar-refractivity contribution < 1.29 is 22.7 Å². The Morgan fingerprint density at radius 2 is 1.96 bits per heavy atom. The summed E-state index contributed by atoms with van der Waals surface area (Å²) in [6.07, 6.45) is -2.39. The largest absolute Gasteiger partial charge is 0.465 e. The van der Waals surface area contributed by atoms with Gasteiger partial charge >= 0.3 is 6.18 Å². The standard InChI is InChI=1S/C15H17F3N4O2/c16-15(17,18)10-5-3-9(4-6-10)8-11-13(23)22-12(24-11)2-1-7-21-14(19)20/h3-6,8,12H,1-2,7H2,(H,22,23)(H4,19,20,21)/b11-8-. The number of benzene rings is 1. The van der Waals surface area contributed by atoms with Gasteiger partial charge in [-0.25, -0.2) is 0 Å². The summed E-state index contributed by atoms with van der Waals surface area (Å²) in [5, 5.41) is 2.63. The first-order chi connectivity index (χ1) is 11.3. The molecule has 1 aliphatic heterocycles. The van der Waals surface area contributed by atoms with Gasteiger partial charge in [0.25, 0.3) is 5.91 Å². The van der Waals surface area contributed by atoms with Crippen LogP contribution < -0.4 is 16.8 Å². The number of nitrogens with one attached hydrogen (secondary N) is 1. The van der Waals surface area contributed by atoms with Crippen LogP contribution in [0, 0.1) is 0 Å². The average molecular weight is 342 g/mol. The maximum absolute atomic E-state index is 12.5. The molecule has 9 heteroatoms. The van der Waals surface area contributed by atoms with E-state index < -0.39 is 23.9 Å². The molecule has 0 spiro atoms. The number of amides is 1. The van der Waals surface area contributed by atoms with Crippen molar-refractivity contribution in [3.05, 3.63) is 41.2 Å². The molecule has 24 heavy (non-hydrogen) atoms. The molecule has 2 rings (SSSR count). The van der Waals surface area contributed by atoms with Gasteiger partial charge in [-0.05, 0) is 30.2 Å². The molecule has 0 aromatic heterocycles. The van der Waals surface area contributed by atoms with E-state index in [0.717, 1.165) is 12.1 Å². The number of nitrogens with two attached hydrogens (primary N) is 2. The van der Waals surface area contributed by atoms with Gasteiger partial charge in [0.15, 0.2) is 17.9 Å². The van der Waals surface area contributed by atoms with E-state index in [1.807, 2.05) is 0 Å². The smallest absolute Gasteiger partial charge is 0.416 e. The first-order valence-electron chi connectivity index (χ1n) is 7.17. The summed E-state index contributed by atoms with van der Waals surface area (Å²) >= 11 is 0. The SMILES string of the molecule is NC(N)=NCCCC1NC(=O)/C(=C/c2ccc(C(F)(F)F)cc2)O1. The highest BCUT2D eigenvalue weighted by atomic mass is 19.4. The molecule has 1 atom stereocenters. The fourth-order valence-corrected chi connectivity index (χ4v) is 2.09. The van der Waals surface area contributed by atoms with Crippen molar-refractivity contribution >= 4 is 17.9 Å². The van der Waals surface area contributed by atoms with Gasteiger partial charge in [0.2, 0.25) is 0 Å². The molecule has 6 nitrogen and oxygen atoms in total. The lowest BCUT2D eigenvalue weighted by molar-refractivity contribution is -0.137. The van der Waals surface area contributed by atoms with E-state index in [0.29, 0.717) is 24.9 Å². The van der Waals surface area contributed by atoms with Gasteiger partial charge in [0.1, 0.15) is 0 Å². The minimum absolute atomic E-state index is 0.00531. The number of carbonyl (C=O) groups excluding carboxylic acids is 1. The van der Waals surface area contributed by atoms with Crippen LogP contribution in [0.2, 0.25) is 0 Å². The molecule has 1 heterocycles. The number of halogens is 3. The molecule has 0 radical (unpaired) electrons. The molecule has 1 unspecified atom stereocenters. The number of guanidine groups is 1. The summed E-state index contributed by atoms with van der Waals surface area (Å²) < 4.78 is 43.0. The van der Waals surface area contributed by atoms with Gasteiger partial charge in [0.05, 0.1) is 5.56 Å². The second-order valence-electron chi connectivity index (χ2n) is 5.16. The summed E-state index contributed by atoms with van der Waals surface area (Å²) in [7, 11) is 0. The lowest BCUT2D eigenvalue weighted by Crippen LogP contribution is -2.26. The van der Waals surface area contributed by atoms with E-state index in [2.05, 4.69) is 10.3 Å². The molecule has 130 valence electrons. The van der Waals surface area contributed by atoms with Crippen LogP contribution in [-0.2, 0) is 15.7 Å². The molecule has 1 saturated heterocycles. The molecular weight excluding hydrogens is 325 g/mol. The number of hydrogen-bond donors (Lipinski definition) is 3. The number of ether oxygens (including phenoxy) is 1. The van der Waals surface area contributed by atoms with E-state index in [-0.39, 0.29) is 11.7 Å². The summed E-state index contributed by atoms with van der Waals surface area (Å²) in [5.74, 6) is -0.363. The van der Waals surface area contributed by atoms with Crippen LogP contribution in [-0.4, -0.2) is 24.6 Å². The third kappa shape index (κ3) is 4.90. The Bertz CT molecular complexity index is 650. The monoisotopic (exact) mass is 342 g/mol. The van der Waals surface area contributed by atoms with Crippen LogP contribution in [0.1, 0.15) is 24.0 Å². The van der Waals surface area contributed by atoms with E-state index in [1.165, 1.54) is 18.2 Å². The second kappa shape index (κ2) is 7.24. The Morgan fingerprint density at radius 3 is 2.54 bits per heavy atom. The summed E-state index contributed by atoms with van der Waals surface area (Å²) in [4.78, 5) is 15.6. The van der Waals surface area contributed by atoms with Crippen molar-refractivity contribution in [3.63, 3.8) is 0 Å². The van der Waals surface area contributed by atoms with Gasteiger partial charge in [-0.2, -0.15) is 13.2 Å². The fourth-order valence-electron chi connectivity index (χ4n) is 2.09. The predicted octanol–water partition coefficient (Wildman–Crippen LogP) is 1.57. The van der Waals surface area contributed by atoms with Crippen LogP contribution in [0.15, 0.2) is 35.0 Å². The number of hydrogen-bond acceptors (Lipinski definition) is 3. The molecule has 0 aliphatic carbocycles. The van der Waals surface area contributed by atoms with Gasteiger partial charge in [-0.3, -0.25) is 9.79 Å². The van der Waals surface area contributed by atoms with Crippen molar-refractivity contribution in [3.8, 4) is 0 Å². The molecule has 5 N–H and O–H groups in total. The predicted molar refractivity (Wildman–Crippen MR) is 82.3 cm³/mol. The maximum atomic E-state index is 12.5. The Labute approximate surface area is 136 Å². The van der Waals surface area contributed by atoms with E-state index in [9.17, 15) is 18.0 Å². The molecule has 0 saturated carbocycles. The van der Waals surface area contributed by atoms with Gasteiger partial charge in [-0.1, -0.05) is 12.1 Å². The zero-order valence-corrected chi connectivity index (χ0v) is 12.6. The van der Waals surface area contributed by atoms with E-state index in [4.69, 9.17) is 16.2 Å². The zero-order valence-electron chi connectivity index (χ0n) is 12.6. The second-order valence-corrected chi connectivity index (χ2v) is 5.16. The molecule has 1 aliphatic rings. The van der Waals surface area contributed by atoms with Crippen LogP contribution in [0.3, 0.4) is 0 Å². The van der Waals surface area contributed by atoms with Crippen molar-refractivity contribution in [2.75, 3.05) is 6.54 Å². The lowest BCUT2D eigenvalue weighted by atomic mass is 10.1. The minimum Gasteiger partial charge on any atom is -0.465 e. The van der Waals surface area contributed by atoms with Gasteiger partial charge in [-0.15, -0.1) is 0 Å². The zero-order chi connectivity index (χ0) is 17.7. The topological polar surface area (TPSA) is 103 Å². The third-order valence-corrected chi connectivity index (χ3v) is 3.24. The lowest BCUT2D eigenvalue weighted by Gasteiger charge is -2.08.